The molecule has 0 aromatic carbocycles. The van der Waals surface area contributed by atoms with Gasteiger partial charge in [-0.1, -0.05) is 23.9 Å². The number of hydrogen-bond donors (Lipinski definition) is 0. The zero-order chi connectivity index (χ0) is 6.24. The summed E-state index contributed by atoms with van der Waals surface area (Å²) in [5, 5.41) is 0. The first-order valence-electron chi connectivity index (χ1n) is 2.80. The summed E-state index contributed by atoms with van der Waals surface area (Å²) in [5.74, 6) is 0. The molecule has 0 fully saturated rings. The van der Waals surface area contributed by atoms with E-state index in [9.17, 15) is 0 Å². The summed E-state index contributed by atoms with van der Waals surface area (Å²) in [4.78, 5) is 0. The van der Waals surface area contributed by atoms with Crippen molar-refractivity contribution in [2.24, 2.45) is 0 Å². The van der Waals surface area contributed by atoms with Crippen LogP contribution in [-0.4, -0.2) is 14.8 Å². The Labute approximate surface area is 53.4 Å². The average Bonchev–Trinajstić information content (AvgIpc) is 1.81. The first-order chi connectivity index (χ1) is 3.91. The highest BCUT2D eigenvalue weighted by molar-refractivity contribution is 6.49. The van der Waals surface area contributed by atoms with Gasteiger partial charge in [0.15, 0.2) is 0 Å². The Morgan fingerprint density at radius 3 is 2.88 bits per heavy atom. The van der Waals surface area contributed by atoms with Crippen molar-refractivity contribution in [3.8, 4) is 0 Å². The molecule has 0 radical (unpaired) electrons. The first kappa shape index (κ1) is 7.57. The molecule has 0 aromatic rings. The van der Waals surface area contributed by atoms with Crippen molar-refractivity contribution in [1.82, 2.24) is 0 Å². The van der Waals surface area contributed by atoms with Gasteiger partial charge >= 0.3 is 0 Å². The lowest BCUT2D eigenvalue weighted by Gasteiger charge is -1.72. The zero-order valence-electron chi connectivity index (χ0n) is 5.30. The second kappa shape index (κ2) is 6.57. The van der Waals surface area contributed by atoms with Crippen molar-refractivity contribution >= 4 is 14.8 Å². The summed E-state index contributed by atoms with van der Waals surface area (Å²) in [6.07, 6.45) is 6.12. The van der Waals surface area contributed by atoms with Gasteiger partial charge in [0.2, 0.25) is 0 Å². The molecule has 0 unspecified atom stereocenters. The lowest BCUT2D eigenvalue weighted by Crippen LogP contribution is -1.74. The van der Waals surface area contributed by atoms with Gasteiger partial charge in [0.1, 0.15) is 0 Å². The monoisotopic (exact) mass is 124 g/mol. The summed E-state index contributed by atoms with van der Waals surface area (Å²) in [6, 6.07) is 1.17. The summed E-state index contributed by atoms with van der Waals surface area (Å²) >= 11 is 0. The molecule has 8 heavy (non-hydrogen) atoms. The fourth-order valence-electron chi connectivity index (χ4n) is 0.364. The molecule has 0 aliphatic heterocycles. The van der Waals surface area contributed by atoms with Crippen molar-refractivity contribution in [2.75, 3.05) is 0 Å². The number of allylic oxidation sites excluding steroid dienone is 3. The Hall–Kier alpha value is -0.433. The Balaban J connectivity index is 3.19. The van der Waals surface area contributed by atoms with E-state index in [2.05, 4.69) is 24.4 Å². The van der Waals surface area contributed by atoms with Gasteiger partial charge in [0.05, 0.1) is 0 Å². The van der Waals surface area contributed by atoms with Gasteiger partial charge < -0.3 is 0 Å². The highest BCUT2D eigenvalue weighted by Gasteiger charge is 1.62. The van der Waals surface area contributed by atoms with Crippen LogP contribution in [0.4, 0.5) is 0 Å². The molecule has 0 atom stereocenters. The Bertz CT molecular complexity index is 101. The third-order valence-corrected chi connectivity index (χ3v) is 1.84. The van der Waals surface area contributed by atoms with E-state index in [1.807, 2.05) is 13.0 Å². The molecule has 0 nitrogen and oxygen atoms in total. The van der Waals surface area contributed by atoms with E-state index in [1.165, 1.54) is 6.04 Å². The van der Waals surface area contributed by atoms with E-state index >= 15 is 0 Å². The van der Waals surface area contributed by atoms with E-state index in [-0.39, 0.29) is 0 Å². The van der Waals surface area contributed by atoms with Crippen molar-refractivity contribution in [3.05, 3.63) is 24.8 Å². The largest absolute Gasteiger partial charge is 0.103 e. The van der Waals surface area contributed by atoms with Gasteiger partial charge in [-0.3, -0.25) is 0 Å². The Morgan fingerprint density at radius 1 is 1.62 bits per heavy atom. The van der Waals surface area contributed by atoms with Gasteiger partial charge in [-0.2, -0.15) is 0 Å². The molecular weight excluding hydrogens is 112 g/mol. The van der Waals surface area contributed by atoms with Crippen molar-refractivity contribution in [3.63, 3.8) is 0 Å². The molecule has 0 bridgehead atoms. The zero-order valence-corrected chi connectivity index (χ0v) is 6.46. The minimum Gasteiger partial charge on any atom is -0.103 e. The second-order valence-electron chi connectivity index (χ2n) is 1.48. The summed E-state index contributed by atoms with van der Waals surface area (Å²) in [5.41, 5.74) is 2.22. The molecule has 0 saturated carbocycles. The molecule has 0 amide bonds. The van der Waals surface area contributed by atoms with E-state index < -0.39 is 0 Å². The number of hydrogen-bond acceptors (Lipinski definition) is 0. The Morgan fingerprint density at radius 2 is 2.38 bits per heavy atom. The van der Waals surface area contributed by atoms with Crippen LogP contribution >= 0.6 is 0 Å². The predicted molar refractivity (Wildman–Crippen MR) is 43.0 cm³/mol. The van der Waals surface area contributed by atoms with Crippen LogP contribution in [0.2, 0.25) is 6.04 Å². The van der Waals surface area contributed by atoms with Crippen molar-refractivity contribution < 1.29 is 0 Å². The minimum atomic E-state index is 0.490. The molecule has 0 aromatic heterocycles. The lowest BCUT2D eigenvalue weighted by molar-refractivity contribution is 1.75. The molecule has 0 saturated heterocycles. The standard InChI is InChI=1S/C7H12Si/c1-3-5-7-8-6-4-2/h3-5,7-8H,2,6H2,1H3. The van der Waals surface area contributed by atoms with Crippen molar-refractivity contribution in [1.29, 1.82) is 0 Å². The maximum atomic E-state index is 3.64. The topological polar surface area (TPSA) is 0 Å². The van der Waals surface area contributed by atoms with E-state index in [4.69, 9.17) is 0 Å². The van der Waals surface area contributed by atoms with Crippen LogP contribution in [-0.2, 0) is 0 Å². The van der Waals surface area contributed by atoms with Gasteiger partial charge in [0, 0.05) is 0 Å². The Kier molecular flexibility index (Phi) is 6.21. The molecule has 0 aliphatic rings. The van der Waals surface area contributed by atoms with E-state index in [0.29, 0.717) is 9.13 Å². The highest BCUT2D eigenvalue weighted by atomic mass is 28.2. The molecule has 0 aliphatic carbocycles. The van der Waals surface area contributed by atoms with E-state index in [0.717, 1.165) is 0 Å². The normalized spacial score (nSPS) is 11.1. The average molecular weight is 124 g/mol. The highest BCUT2D eigenvalue weighted by Crippen LogP contribution is 1.69. The molecule has 0 N–H and O–H groups in total. The molecule has 0 heterocycles. The first-order valence-corrected chi connectivity index (χ1v) is 4.29. The van der Waals surface area contributed by atoms with Gasteiger partial charge in [0.25, 0.3) is 0 Å². The van der Waals surface area contributed by atoms with Crippen LogP contribution in [0.15, 0.2) is 24.8 Å². The van der Waals surface area contributed by atoms with Crippen LogP contribution in [0.3, 0.4) is 0 Å². The van der Waals surface area contributed by atoms with Gasteiger partial charge in [-0.15, -0.1) is 6.58 Å². The lowest BCUT2D eigenvalue weighted by atomic mass is 10.6. The summed E-state index contributed by atoms with van der Waals surface area (Å²) in [6.45, 7) is 5.67. The number of rotatable bonds is 3. The maximum Gasteiger partial charge on any atom is -0.00291 e. The molecule has 0 spiro atoms. The van der Waals surface area contributed by atoms with Gasteiger partial charge in [-0.25, -0.2) is 0 Å². The van der Waals surface area contributed by atoms with Gasteiger partial charge in [-0.05, 0) is 22.1 Å². The quantitative estimate of drug-likeness (QED) is 0.394. The summed E-state index contributed by atoms with van der Waals surface area (Å²) in [7, 11) is 0.490. The van der Waals surface area contributed by atoms with Crippen LogP contribution in [0, 0.1) is 0 Å². The summed E-state index contributed by atoms with van der Waals surface area (Å²) < 4.78 is 0. The molecular formula is C7H12Si. The predicted octanol–water partition coefficient (Wildman–Crippen LogP) is 1.41. The van der Waals surface area contributed by atoms with Crippen LogP contribution in [0.5, 0.6) is 0 Å². The van der Waals surface area contributed by atoms with Crippen LogP contribution in [0.1, 0.15) is 6.92 Å². The fraction of sp³-hybridized carbons (Fsp3) is 0.286. The third kappa shape index (κ3) is 5.57. The fourth-order valence-corrected chi connectivity index (χ4v) is 1.09. The maximum absolute atomic E-state index is 3.64. The van der Waals surface area contributed by atoms with Crippen LogP contribution in [0.25, 0.3) is 0 Å². The molecule has 1 heteroatoms. The molecule has 0 rings (SSSR count). The minimum absolute atomic E-state index is 0.490. The SMILES string of the molecule is C=CC[SiH]=CC=CC. The smallest absolute Gasteiger partial charge is 0.00291 e. The van der Waals surface area contributed by atoms with Crippen LogP contribution < -0.4 is 0 Å². The van der Waals surface area contributed by atoms with Crippen molar-refractivity contribution in [2.45, 2.75) is 13.0 Å². The van der Waals surface area contributed by atoms with E-state index in [1.54, 1.807) is 0 Å². The third-order valence-electron chi connectivity index (χ3n) is 0.742. The second-order valence-corrected chi connectivity index (χ2v) is 2.81. The molecule has 44 valence electrons.